The number of benzene rings is 2. The summed E-state index contributed by atoms with van der Waals surface area (Å²) in [6, 6.07) is 13.5. The van der Waals surface area contributed by atoms with Gasteiger partial charge in [-0.05, 0) is 43.2 Å². The lowest BCUT2D eigenvalue weighted by molar-refractivity contribution is -0.139. The van der Waals surface area contributed by atoms with E-state index in [0.717, 1.165) is 36.3 Å². The van der Waals surface area contributed by atoms with Gasteiger partial charge < -0.3 is 9.80 Å². The van der Waals surface area contributed by atoms with Crippen molar-refractivity contribution in [1.82, 2.24) is 20.0 Å². The average Bonchev–Trinajstić information content (AvgIpc) is 3.17. The van der Waals surface area contributed by atoms with Crippen molar-refractivity contribution in [2.24, 2.45) is 0 Å². The van der Waals surface area contributed by atoms with Gasteiger partial charge in [0.2, 0.25) is 0 Å². The standard InChI is InChI=1S/C23H26FN5O2/c1-15-4-6-16(7-5-15)14-29-21(30)19-20(26(2)23(29)31)25-22-27(12-3-13-28(19)22)18-10-8-17(24)9-11-18/h4-11,19-20,22,25H,3,12-14H2,1-2H3. The summed E-state index contributed by atoms with van der Waals surface area (Å²) in [5.41, 5.74) is 2.95. The van der Waals surface area contributed by atoms with Crippen LogP contribution in [0.3, 0.4) is 0 Å². The predicted octanol–water partition coefficient (Wildman–Crippen LogP) is 2.32. The first kappa shape index (κ1) is 20.0. The van der Waals surface area contributed by atoms with Crippen LogP contribution in [0.25, 0.3) is 0 Å². The number of fused-ring (bicyclic) bond motifs is 3. The normalized spacial score (nSPS) is 26.3. The van der Waals surface area contributed by atoms with E-state index in [1.807, 2.05) is 31.2 Å². The molecule has 0 spiro atoms. The zero-order valence-corrected chi connectivity index (χ0v) is 17.7. The van der Waals surface area contributed by atoms with Crippen molar-refractivity contribution in [2.75, 3.05) is 25.0 Å². The molecule has 2 aromatic carbocycles. The number of halogens is 1. The third-order valence-electron chi connectivity index (χ3n) is 6.49. The summed E-state index contributed by atoms with van der Waals surface area (Å²) in [5, 5.41) is 3.48. The molecule has 31 heavy (non-hydrogen) atoms. The van der Waals surface area contributed by atoms with Gasteiger partial charge in [-0.15, -0.1) is 0 Å². The van der Waals surface area contributed by atoms with E-state index in [0.29, 0.717) is 0 Å². The van der Waals surface area contributed by atoms with Crippen LogP contribution in [-0.2, 0) is 11.3 Å². The highest BCUT2D eigenvalue weighted by Gasteiger charge is 2.56. The lowest BCUT2D eigenvalue weighted by Crippen LogP contribution is -2.66. The molecule has 2 aromatic rings. The van der Waals surface area contributed by atoms with Crippen molar-refractivity contribution in [1.29, 1.82) is 0 Å². The number of nitrogens with one attached hydrogen (secondary N) is 1. The number of hydrogen-bond donors (Lipinski definition) is 1. The molecule has 7 nitrogen and oxygen atoms in total. The van der Waals surface area contributed by atoms with Gasteiger partial charge in [0.1, 0.15) is 24.3 Å². The van der Waals surface area contributed by atoms with E-state index in [4.69, 9.17) is 0 Å². The van der Waals surface area contributed by atoms with Gasteiger partial charge in [-0.1, -0.05) is 29.8 Å². The lowest BCUT2D eigenvalue weighted by Gasteiger charge is -2.43. The van der Waals surface area contributed by atoms with Crippen LogP contribution in [-0.4, -0.2) is 65.3 Å². The molecule has 1 N–H and O–H groups in total. The molecule has 3 amide bonds. The Morgan fingerprint density at radius 1 is 1.03 bits per heavy atom. The minimum absolute atomic E-state index is 0.176. The van der Waals surface area contributed by atoms with Gasteiger partial charge in [-0.25, -0.2) is 9.18 Å². The van der Waals surface area contributed by atoms with E-state index in [2.05, 4.69) is 15.1 Å². The van der Waals surface area contributed by atoms with E-state index < -0.39 is 12.2 Å². The van der Waals surface area contributed by atoms with E-state index in [9.17, 15) is 14.0 Å². The van der Waals surface area contributed by atoms with Gasteiger partial charge in [0.25, 0.3) is 5.91 Å². The molecular formula is C23H26FN5O2. The minimum atomic E-state index is -0.457. The van der Waals surface area contributed by atoms with Gasteiger partial charge in [0, 0.05) is 25.8 Å². The van der Waals surface area contributed by atoms with E-state index in [1.165, 1.54) is 17.0 Å². The highest BCUT2D eigenvalue weighted by molar-refractivity contribution is 6.00. The van der Waals surface area contributed by atoms with Crippen LogP contribution in [0.5, 0.6) is 0 Å². The number of imide groups is 1. The molecule has 162 valence electrons. The van der Waals surface area contributed by atoms with Crippen LogP contribution in [0.2, 0.25) is 0 Å². The van der Waals surface area contributed by atoms with Gasteiger partial charge in [0.05, 0.1) is 6.54 Å². The largest absolute Gasteiger partial charge is 0.343 e. The number of amides is 3. The van der Waals surface area contributed by atoms with E-state index >= 15 is 0 Å². The van der Waals surface area contributed by atoms with E-state index in [1.54, 1.807) is 24.1 Å². The summed E-state index contributed by atoms with van der Waals surface area (Å²) >= 11 is 0. The predicted molar refractivity (Wildman–Crippen MR) is 114 cm³/mol. The first-order valence-electron chi connectivity index (χ1n) is 10.6. The topological polar surface area (TPSA) is 59.1 Å². The molecule has 3 aliphatic heterocycles. The smallest absolute Gasteiger partial charge is 0.328 e. The summed E-state index contributed by atoms with van der Waals surface area (Å²) in [6.45, 7) is 3.81. The molecule has 3 heterocycles. The van der Waals surface area contributed by atoms with Gasteiger partial charge in [-0.2, -0.15) is 0 Å². The number of nitrogens with zero attached hydrogens (tertiary/aromatic N) is 4. The van der Waals surface area contributed by atoms with Crippen molar-refractivity contribution in [3.63, 3.8) is 0 Å². The third-order valence-corrected chi connectivity index (χ3v) is 6.49. The molecule has 0 aliphatic carbocycles. The highest BCUT2D eigenvalue weighted by Crippen LogP contribution is 2.33. The fourth-order valence-corrected chi connectivity index (χ4v) is 4.84. The number of likely N-dealkylation sites (N-methyl/N-ethyl adjacent to an activating group) is 1. The zero-order chi connectivity index (χ0) is 21.7. The highest BCUT2D eigenvalue weighted by atomic mass is 19.1. The van der Waals surface area contributed by atoms with Crippen LogP contribution in [0, 0.1) is 12.7 Å². The zero-order valence-electron chi connectivity index (χ0n) is 17.7. The maximum absolute atomic E-state index is 13.5. The molecule has 8 heteroatoms. The number of anilines is 1. The summed E-state index contributed by atoms with van der Waals surface area (Å²) in [4.78, 5) is 33.8. The molecule has 0 saturated carbocycles. The summed E-state index contributed by atoms with van der Waals surface area (Å²) in [6.07, 6.45) is 0.245. The monoisotopic (exact) mass is 423 g/mol. The van der Waals surface area contributed by atoms with Crippen LogP contribution in [0.1, 0.15) is 17.5 Å². The van der Waals surface area contributed by atoms with Crippen molar-refractivity contribution >= 4 is 17.6 Å². The number of rotatable bonds is 3. The van der Waals surface area contributed by atoms with Crippen LogP contribution < -0.4 is 10.2 Å². The molecule has 3 saturated heterocycles. The Labute approximate surface area is 181 Å². The minimum Gasteiger partial charge on any atom is -0.343 e. The second kappa shape index (κ2) is 7.62. The van der Waals surface area contributed by atoms with Crippen LogP contribution in [0.4, 0.5) is 14.9 Å². The maximum atomic E-state index is 13.5. The molecule has 3 fully saturated rings. The fourth-order valence-electron chi connectivity index (χ4n) is 4.84. The summed E-state index contributed by atoms with van der Waals surface area (Å²) in [5.74, 6) is -0.456. The maximum Gasteiger partial charge on any atom is 0.328 e. The SMILES string of the molecule is Cc1ccc(CN2C(=O)C3C(NC4N(c5ccc(F)cc5)CCCN34)N(C)C2=O)cc1. The molecule has 0 radical (unpaired) electrons. The van der Waals surface area contributed by atoms with Crippen LogP contribution >= 0.6 is 0 Å². The second-order valence-electron chi connectivity index (χ2n) is 8.49. The quantitative estimate of drug-likeness (QED) is 0.821. The number of aryl methyl sites for hydroxylation is 1. The van der Waals surface area contributed by atoms with Gasteiger partial charge in [-0.3, -0.25) is 19.9 Å². The molecule has 3 unspecified atom stereocenters. The van der Waals surface area contributed by atoms with Gasteiger partial charge in [0.15, 0.2) is 0 Å². The third kappa shape index (κ3) is 3.36. The summed E-state index contributed by atoms with van der Waals surface area (Å²) < 4.78 is 13.4. The van der Waals surface area contributed by atoms with Crippen molar-refractivity contribution in [3.8, 4) is 0 Å². The Bertz CT molecular complexity index is 996. The Morgan fingerprint density at radius 3 is 2.45 bits per heavy atom. The lowest BCUT2D eigenvalue weighted by atomic mass is 10.1. The first-order valence-corrected chi connectivity index (χ1v) is 10.6. The molecule has 0 aromatic heterocycles. The summed E-state index contributed by atoms with van der Waals surface area (Å²) in [7, 11) is 1.74. The number of urea groups is 1. The number of hydrogen-bond acceptors (Lipinski definition) is 5. The Morgan fingerprint density at radius 2 is 1.74 bits per heavy atom. The Hall–Kier alpha value is -2.97. The molecule has 0 bridgehead atoms. The molecule has 3 aliphatic rings. The van der Waals surface area contributed by atoms with Gasteiger partial charge >= 0.3 is 6.03 Å². The Kier molecular flexibility index (Phi) is 4.91. The Balaban J connectivity index is 1.42. The molecule has 3 atom stereocenters. The number of carbonyl (C=O) groups excluding carboxylic acids is 2. The van der Waals surface area contributed by atoms with Crippen molar-refractivity contribution in [3.05, 3.63) is 65.5 Å². The molecular weight excluding hydrogens is 397 g/mol. The van der Waals surface area contributed by atoms with Crippen molar-refractivity contribution < 1.29 is 14.0 Å². The van der Waals surface area contributed by atoms with E-state index in [-0.39, 0.29) is 30.6 Å². The van der Waals surface area contributed by atoms with Crippen molar-refractivity contribution in [2.45, 2.75) is 38.4 Å². The second-order valence-corrected chi connectivity index (χ2v) is 8.49. The van der Waals surface area contributed by atoms with Crippen LogP contribution in [0.15, 0.2) is 48.5 Å². The first-order chi connectivity index (χ1) is 14.9. The fraction of sp³-hybridized carbons (Fsp3) is 0.391. The molecule has 5 rings (SSSR count). The number of carbonyl (C=O) groups is 2. The average molecular weight is 423 g/mol.